The predicted octanol–water partition coefficient (Wildman–Crippen LogP) is -0.313. The minimum absolute atomic E-state index is 0.948. The molecular formula is C6H9BBrN3. The lowest BCUT2D eigenvalue weighted by atomic mass is 10.1. The van der Waals surface area contributed by atoms with Gasteiger partial charge in [0.05, 0.1) is 10.3 Å². The number of aromatic nitrogens is 2. The highest BCUT2D eigenvalue weighted by Gasteiger charge is 2.16. The van der Waals surface area contributed by atoms with Gasteiger partial charge < -0.3 is 9.91 Å². The van der Waals surface area contributed by atoms with Crippen molar-refractivity contribution >= 4 is 23.9 Å². The first kappa shape index (κ1) is 7.37. The van der Waals surface area contributed by atoms with Gasteiger partial charge in [-0.05, 0) is 15.9 Å². The minimum atomic E-state index is 0.948. The van der Waals surface area contributed by atoms with E-state index in [-0.39, 0.29) is 0 Å². The molecule has 0 unspecified atom stereocenters. The van der Waals surface area contributed by atoms with Crippen molar-refractivity contribution in [3.63, 3.8) is 0 Å². The molecule has 0 fully saturated rings. The molecule has 0 radical (unpaired) electrons. The van der Waals surface area contributed by atoms with Crippen molar-refractivity contribution in [2.24, 2.45) is 0 Å². The molecule has 2 rings (SSSR count). The van der Waals surface area contributed by atoms with E-state index in [1.807, 2.05) is 12.6 Å². The Hall–Kier alpha value is -0.285. The molecule has 0 atom stereocenters. The van der Waals surface area contributed by atoms with Crippen molar-refractivity contribution in [1.29, 1.82) is 0 Å². The van der Waals surface area contributed by atoms with Crippen LogP contribution >= 0.6 is 15.9 Å². The highest BCUT2D eigenvalue weighted by atomic mass is 79.9. The molecule has 0 bridgehead atoms. The number of hydrogen-bond donors (Lipinski definition) is 1. The van der Waals surface area contributed by atoms with Crippen LogP contribution in [0.15, 0.2) is 4.60 Å². The van der Waals surface area contributed by atoms with Crippen LogP contribution < -0.4 is 5.32 Å². The van der Waals surface area contributed by atoms with E-state index in [9.17, 15) is 0 Å². The second-order valence-electron chi connectivity index (χ2n) is 2.77. The normalized spacial score (nSPS) is 16.5. The van der Waals surface area contributed by atoms with E-state index in [0.29, 0.717) is 0 Å². The number of nitrogens with zero attached hydrogens (tertiary/aromatic N) is 2. The standard InChI is InChI=1S/C6H9BBrN3/c7-11-6(8)4-3-9-2-1-5(4)10-11/h9H,1-3,7H2. The quantitative estimate of drug-likeness (QED) is 0.600. The van der Waals surface area contributed by atoms with Crippen LogP contribution in [0.2, 0.25) is 0 Å². The van der Waals surface area contributed by atoms with Gasteiger partial charge in [-0.2, -0.15) is 5.10 Å². The maximum absolute atomic E-state index is 4.38. The molecule has 0 saturated carbocycles. The Morgan fingerprint density at radius 1 is 1.64 bits per heavy atom. The zero-order chi connectivity index (χ0) is 7.84. The summed E-state index contributed by atoms with van der Waals surface area (Å²) in [5.74, 6) is 0. The van der Waals surface area contributed by atoms with Gasteiger partial charge in [0.2, 0.25) is 7.98 Å². The van der Waals surface area contributed by atoms with E-state index in [0.717, 1.165) is 24.1 Å². The summed E-state index contributed by atoms with van der Waals surface area (Å²) < 4.78 is 3.00. The van der Waals surface area contributed by atoms with Crippen LogP contribution in [0.1, 0.15) is 11.3 Å². The minimum Gasteiger partial charge on any atom is -0.314 e. The highest BCUT2D eigenvalue weighted by Crippen LogP contribution is 2.21. The Bertz CT molecular complexity index is 284. The van der Waals surface area contributed by atoms with Crippen molar-refractivity contribution in [3.8, 4) is 0 Å². The third-order valence-corrected chi connectivity index (χ3v) is 2.98. The maximum atomic E-state index is 4.38. The van der Waals surface area contributed by atoms with Crippen molar-refractivity contribution in [2.75, 3.05) is 6.54 Å². The largest absolute Gasteiger partial charge is 0.314 e. The van der Waals surface area contributed by atoms with E-state index in [4.69, 9.17) is 0 Å². The summed E-state index contributed by atoms with van der Waals surface area (Å²) in [5.41, 5.74) is 2.55. The van der Waals surface area contributed by atoms with E-state index in [1.165, 1.54) is 11.3 Å². The van der Waals surface area contributed by atoms with Crippen molar-refractivity contribution in [2.45, 2.75) is 13.0 Å². The number of nitrogens with one attached hydrogen (secondary N) is 1. The Morgan fingerprint density at radius 2 is 2.45 bits per heavy atom. The van der Waals surface area contributed by atoms with E-state index in [2.05, 4.69) is 26.3 Å². The Morgan fingerprint density at radius 3 is 3.18 bits per heavy atom. The fourth-order valence-corrected chi connectivity index (χ4v) is 1.84. The smallest absolute Gasteiger partial charge is 0.250 e. The van der Waals surface area contributed by atoms with Gasteiger partial charge in [-0.25, -0.2) is 0 Å². The van der Waals surface area contributed by atoms with Crippen LogP contribution in [-0.4, -0.2) is 24.2 Å². The van der Waals surface area contributed by atoms with E-state index >= 15 is 0 Å². The summed E-state index contributed by atoms with van der Waals surface area (Å²) in [4.78, 5) is 0. The number of fused-ring (bicyclic) bond motifs is 1. The predicted molar refractivity (Wildman–Crippen MR) is 49.3 cm³/mol. The molecule has 1 N–H and O–H groups in total. The molecule has 0 amide bonds. The van der Waals surface area contributed by atoms with Crippen LogP contribution in [0, 0.1) is 0 Å². The third kappa shape index (κ3) is 1.12. The van der Waals surface area contributed by atoms with Gasteiger partial charge in [-0.1, -0.05) is 0 Å². The van der Waals surface area contributed by atoms with Gasteiger partial charge in [0, 0.05) is 25.1 Å². The summed E-state index contributed by atoms with van der Waals surface area (Å²) >= 11 is 3.50. The molecule has 1 aliphatic heterocycles. The Kier molecular flexibility index (Phi) is 1.77. The van der Waals surface area contributed by atoms with Crippen LogP contribution in [0.3, 0.4) is 0 Å². The lowest BCUT2D eigenvalue weighted by Crippen LogP contribution is -2.23. The molecule has 0 aromatic carbocycles. The molecule has 0 spiro atoms. The second-order valence-corrected chi connectivity index (χ2v) is 3.52. The average Bonchev–Trinajstić information content (AvgIpc) is 2.30. The number of hydrogen-bond acceptors (Lipinski definition) is 2. The summed E-state index contributed by atoms with van der Waals surface area (Å²) in [6, 6.07) is 0. The molecule has 1 aromatic rings. The second kappa shape index (κ2) is 2.64. The molecule has 1 aromatic heterocycles. The monoisotopic (exact) mass is 213 g/mol. The van der Waals surface area contributed by atoms with Gasteiger partial charge in [-0.3, -0.25) is 0 Å². The lowest BCUT2D eigenvalue weighted by Gasteiger charge is -2.10. The van der Waals surface area contributed by atoms with Gasteiger partial charge in [0.1, 0.15) is 0 Å². The van der Waals surface area contributed by atoms with Gasteiger partial charge >= 0.3 is 0 Å². The highest BCUT2D eigenvalue weighted by molar-refractivity contribution is 9.10. The third-order valence-electron chi connectivity index (χ3n) is 1.99. The Balaban J connectivity index is 2.50. The molecule has 1 aliphatic rings. The maximum Gasteiger partial charge on any atom is 0.250 e. The molecule has 3 nitrogen and oxygen atoms in total. The van der Waals surface area contributed by atoms with Gasteiger partial charge in [-0.15, -0.1) is 0 Å². The SMILES string of the molecule is Bn1nc2c(c1Br)CNCC2. The van der Waals surface area contributed by atoms with Crippen LogP contribution in [0.5, 0.6) is 0 Å². The first-order valence-corrected chi connectivity index (χ1v) is 4.49. The molecule has 0 aliphatic carbocycles. The molecule has 0 saturated heterocycles. The zero-order valence-corrected chi connectivity index (χ0v) is 7.98. The lowest BCUT2D eigenvalue weighted by molar-refractivity contribution is 0.635. The molecule has 11 heavy (non-hydrogen) atoms. The average molecular weight is 214 g/mol. The van der Waals surface area contributed by atoms with E-state index in [1.54, 1.807) is 0 Å². The molecular weight excluding hydrogens is 205 g/mol. The zero-order valence-electron chi connectivity index (χ0n) is 6.39. The molecule has 58 valence electrons. The summed E-state index contributed by atoms with van der Waals surface area (Å²) in [6.45, 7) is 2.00. The van der Waals surface area contributed by atoms with Gasteiger partial charge in [0.15, 0.2) is 0 Å². The van der Waals surface area contributed by atoms with Crippen molar-refractivity contribution in [1.82, 2.24) is 15.0 Å². The van der Waals surface area contributed by atoms with Crippen LogP contribution in [0.4, 0.5) is 0 Å². The Labute approximate surface area is 74.7 Å². The number of halogens is 1. The molecule has 5 heteroatoms. The fraction of sp³-hybridized carbons (Fsp3) is 0.500. The summed E-state index contributed by atoms with van der Waals surface area (Å²) in [5, 5.41) is 7.69. The fourth-order valence-electron chi connectivity index (χ4n) is 1.40. The molecule has 2 heterocycles. The topological polar surface area (TPSA) is 29.9 Å². The number of rotatable bonds is 0. The van der Waals surface area contributed by atoms with Crippen LogP contribution in [0.25, 0.3) is 0 Å². The summed E-state index contributed by atoms with van der Waals surface area (Å²) in [7, 11) is 1.96. The van der Waals surface area contributed by atoms with Gasteiger partial charge in [0.25, 0.3) is 0 Å². The first-order chi connectivity index (χ1) is 5.29. The van der Waals surface area contributed by atoms with Crippen LogP contribution in [-0.2, 0) is 13.0 Å². The van der Waals surface area contributed by atoms with Crippen molar-refractivity contribution in [3.05, 3.63) is 15.9 Å². The van der Waals surface area contributed by atoms with Crippen molar-refractivity contribution < 1.29 is 0 Å². The van der Waals surface area contributed by atoms with E-state index < -0.39 is 0 Å². The first-order valence-electron chi connectivity index (χ1n) is 3.70. The summed E-state index contributed by atoms with van der Waals surface area (Å²) in [6.07, 6.45) is 1.05.